The molecule has 180 valence electrons. The summed E-state index contributed by atoms with van der Waals surface area (Å²) in [6.07, 6.45) is 5.57. The number of hydrogen-bond acceptors (Lipinski definition) is 5. The fourth-order valence-electron chi connectivity index (χ4n) is 7.89. The Kier molecular flexibility index (Phi) is 5.70. The van der Waals surface area contributed by atoms with Crippen molar-refractivity contribution in [3.63, 3.8) is 0 Å². The van der Waals surface area contributed by atoms with Crippen molar-refractivity contribution in [3.05, 3.63) is 28.8 Å². The molecule has 1 aromatic rings. The van der Waals surface area contributed by atoms with Crippen LogP contribution in [-0.4, -0.2) is 27.9 Å². The van der Waals surface area contributed by atoms with Crippen LogP contribution >= 0.6 is 0 Å². The minimum atomic E-state index is -0.664. The molecule has 0 radical (unpaired) electrons. The third-order valence-corrected chi connectivity index (χ3v) is 9.63. The van der Waals surface area contributed by atoms with Crippen LogP contribution in [0.15, 0.2) is 12.2 Å². The largest absolute Gasteiger partial charge is 0.507 e. The average molecular weight is 455 g/mol. The maximum Gasteiger partial charge on any atom is 0.157 e. The smallest absolute Gasteiger partial charge is 0.157 e. The van der Waals surface area contributed by atoms with Crippen LogP contribution in [0, 0.1) is 40.4 Å². The number of phenols is 3. The molecular weight excluding hydrogens is 416 g/mol. The lowest BCUT2D eigenvalue weighted by Gasteiger charge is -2.44. The first-order valence-electron chi connectivity index (χ1n) is 12.3. The fraction of sp³-hybridized carbons (Fsp3) is 0.643. The maximum absolute atomic E-state index is 11.8. The Balaban J connectivity index is 1.93. The summed E-state index contributed by atoms with van der Waals surface area (Å²) in [5.41, 5.74) is 0.887. The summed E-state index contributed by atoms with van der Waals surface area (Å²) < 4.78 is 0. The van der Waals surface area contributed by atoms with Crippen molar-refractivity contribution in [1.29, 1.82) is 0 Å². The number of hydrogen-bond donors (Lipinski definition) is 3. The third-order valence-electron chi connectivity index (χ3n) is 9.63. The molecule has 5 nitrogen and oxygen atoms in total. The molecule has 0 heterocycles. The molecule has 1 aromatic carbocycles. The van der Waals surface area contributed by atoms with E-state index in [2.05, 4.69) is 41.2 Å². The average Bonchev–Trinajstić information content (AvgIpc) is 3.16. The lowest BCUT2D eigenvalue weighted by Crippen LogP contribution is -2.36. The molecule has 3 fully saturated rings. The molecule has 0 aliphatic heterocycles. The molecular formula is C28H38O5. The van der Waals surface area contributed by atoms with E-state index in [4.69, 9.17) is 0 Å². The zero-order valence-corrected chi connectivity index (χ0v) is 20.5. The summed E-state index contributed by atoms with van der Waals surface area (Å²) in [5.74, 6) is 0.453. The van der Waals surface area contributed by atoms with Crippen molar-refractivity contribution in [2.75, 3.05) is 0 Å². The van der Waals surface area contributed by atoms with Crippen LogP contribution in [0.1, 0.15) is 98.9 Å². The van der Waals surface area contributed by atoms with E-state index in [0.717, 1.165) is 25.7 Å². The van der Waals surface area contributed by atoms with Gasteiger partial charge in [-0.05, 0) is 78.4 Å². The van der Waals surface area contributed by atoms with E-state index in [-0.39, 0.29) is 39.4 Å². The summed E-state index contributed by atoms with van der Waals surface area (Å²) in [7, 11) is 0. The zero-order valence-electron chi connectivity index (χ0n) is 20.5. The lowest BCUT2D eigenvalue weighted by atomic mass is 9.60. The summed E-state index contributed by atoms with van der Waals surface area (Å²) in [5, 5.41) is 32.6. The standard InChI is InChI=1S/C28H38O5/c1-14(2)11-20(21-25(32)17(12-29)24(31)18(13-30)26(21)33)28(6)10-9-16-15(3)7-8-19-23(22(16)28)27(19,4)5/h12-14,16,19-20,22-23,31-33H,3,7-11H2,1-2,4-6H3/t16?,19?,20-,22?,23?,28+/m0/s1. The number of rotatable bonds is 6. The van der Waals surface area contributed by atoms with Gasteiger partial charge in [-0.25, -0.2) is 0 Å². The molecule has 3 aliphatic carbocycles. The Morgan fingerprint density at radius 2 is 1.55 bits per heavy atom. The third kappa shape index (κ3) is 3.33. The van der Waals surface area contributed by atoms with Crippen molar-refractivity contribution < 1.29 is 24.9 Å². The van der Waals surface area contributed by atoms with Gasteiger partial charge in [-0.3, -0.25) is 9.59 Å². The summed E-state index contributed by atoms with van der Waals surface area (Å²) in [6.45, 7) is 15.6. The van der Waals surface area contributed by atoms with Crippen LogP contribution in [-0.2, 0) is 0 Å². The first-order chi connectivity index (χ1) is 15.4. The first-order valence-corrected chi connectivity index (χ1v) is 12.3. The van der Waals surface area contributed by atoms with Crippen LogP contribution in [0.4, 0.5) is 0 Å². The number of benzene rings is 1. The number of carbonyl (C=O) groups is 2. The number of fused-ring (bicyclic) bond motifs is 3. The van der Waals surface area contributed by atoms with Crippen LogP contribution in [0.25, 0.3) is 0 Å². The van der Waals surface area contributed by atoms with Crippen LogP contribution in [0.2, 0.25) is 0 Å². The highest BCUT2D eigenvalue weighted by Gasteiger charge is 2.68. The predicted octanol–water partition coefficient (Wildman–Crippen LogP) is 6.21. The molecule has 0 spiro atoms. The fourth-order valence-corrected chi connectivity index (χ4v) is 7.89. The van der Waals surface area contributed by atoms with Crippen LogP contribution in [0.5, 0.6) is 17.2 Å². The molecule has 3 aliphatic rings. The quantitative estimate of drug-likeness (QED) is 0.351. The second-order valence-corrected chi connectivity index (χ2v) is 12.0. The van der Waals surface area contributed by atoms with Crippen LogP contribution < -0.4 is 0 Å². The van der Waals surface area contributed by atoms with Gasteiger partial charge in [-0.1, -0.05) is 46.8 Å². The SMILES string of the molecule is C=C1CCC2C(C3C1CC[C@]3(C)[C@@H](CC(C)C)c1c(O)c(C=O)c(O)c(C=O)c1O)C2(C)C. The van der Waals surface area contributed by atoms with Crippen molar-refractivity contribution in [1.82, 2.24) is 0 Å². The van der Waals surface area contributed by atoms with Gasteiger partial charge in [0.2, 0.25) is 0 Å². The molecule has 6 atom stereocenters. The van der Waals surface area contributed by atoms with E-state index < -0.39 is 17.2 Å². The van der Waals surface area contributed by atoms with Crippen molar-refractivity contribution in [2.24, 2.45) is 40.4 Å². The predicted molar refractivity (Wildman–Crippen MR) is 128 cm³/mol. The summed E-state index contributed by atoms with van der Waals surface area (Å²) in [6, 6.07) is 0. The Hall–Kier alpha value is -2.30. The number of allylic oxidation sites excluding steroid dienone is 1. The number of aromatic hydroxyl groups is 3. The van der Waals surface area contributed by atoms with Crippen molar-refractivity contribution in [3.8, 4) is 17.2 Å². The van der Waals surface area contributed by atoms with Crippen molar-refractivity contribution >= 4 is 12.6 Å². The second kappa shape index (κ2) is 7.89. The Bertz CT molecular complexity index is 971. The molecule has 5 heteroatoms. The maximum atomic E-state index is 11.8. The minimum Gasteiger partial charge on any atom is -0.507 e. The normalized spacial score (nSPS) is 33.2. The van der Waals surface area contributed by atoms with Gasteiger partial charge in [0.25, 0.3) is 0 Å². The molecule has 0 amide bonds. The molecule has 3 N–H and O–H groups in total. The minimum absolute atomic E-state index is 0.235. The second-order valence-electron chi connectivity index (χ2n) is 12.0. The van der Waals surface area contributed by atoms with E-state index in [0.29, 0.717) is 42.7 Å². The molecule has 4 rings (SSSR count). The number of phenolic OH excluding ortho intramolecular Hbond substituents is 3. The summed E-state index contributed by atoms with van der Waals surface area (Å²) in [4.78, 5) is 23.5. The number of aldehydes is 2. The highest BCUT2D eigenvalue weighted by atomic mass is 16.3. The monoisotopic (exact) mass is 454 g/mol. The zero-order chi connectivity index (χ0) is 24.5. The van der Waals surface area contributed by atoms with E-state index in [9.17, 15) is 24.9 Å². The first kappa shape index (κ1) is 23.8. The van der Waals surface area contributed by atoms with Crippen LogP contribution in [0.3, 0.4) is 0 Å². The Morgan fingerprint density at radius 3 is 2.06 bits per heavy atom. The van der Waals surface area contributed by atoms with E-state index in [1.807, 2.05) is 0 Å². The molecule has 4 unspecified atom stereocenters. The summed E-state index contributed by atoms with van der Waals surface area (Å²) >= 11 is 0. The van der Waals surface area contributed by atoms with Gasteiger partial charge in [0.1, 0.15) is 17.2 Å². The van der Waals surface area contributed by atoms with Gasteiger partial charge in [0, 0.05) is 5.56 Å². The molecule has 0 bridgehead atoms. The van der Waals surface area contributed by atoms with E-state index in [1.54, 1.807) is 0 Å². The van der Waals surface area contributed by atoms with E-state index in [1.165, 1.54) is 5.57 Å². The van der Waals surface area contributed by atoms with Gasteiger partial charge >= 0.3 is 0 Å². The van der Waals surface area contributed by atoms with E-state index >= 15 is 0 Å². The Labute approximate surface area is 196 Å². The molecule has 3 saturated carbocycles. The highest BCUT2D eigenvalue weighted by Crippen LogP contribution is 2.75. The number of carbonyl (C=O) groups excluding carboxylic acids is 2. The van der Waals surface area contributed by atoms with Crippen molar-refractivity contribution in [2.45, 2.75) is 72.6 Å². The molecule has 0 saturated heterocycles. The van der Waals surface area contributed by atoms with Gasteiger partial charge in [0.05, 0.1) is 11.1 Å². The lowest BCUT2D eigenvalue weighted by molar-refractivity contribution is 0.106. The topological polar surface area (TPSA) is 94.8 Å². The molecule has 33 heavy (non-hydrogen) atoms. The van der Waals surface area contributed by atoms with Gasteiger partial charge in [-0.2, -0.15) is 0 Å². The van der Waals surface area contributed by atoms with Gasteiger partial charge < -0.3 is 15.3 Å². The van der Waals surface area contributed by atoms with Gasteiger partial charge in [0.15, 0.2) is 12.6 Å². The Morgan fingerprint density at radius 1 is 0.970 bits per heavy atom. The highest BCUT2D eigenvalue weighted by molar-refractivity contribution is 5.95. The van der Waals surface area contributed by atoms with Gasteiger partial charge in [-0.15, -0.1) is 0 Å². The molecule has 0 aromatic heterocycles.